The second-order valence-corrected chi connectivity index (χ2v) is 6.55. The van der Waals surface area contributed by atoms with E-state index in [-0.39, 0.29) is 5.16 Å². The highest BCUT2D eigenvalue weighted by Crippen LogP contribution is 2.30. The first-order valence-electron chi connectivity index (χ1n) is 5.35. The molecule has 0 spiro atoms. The fourth-order valence-electron chi connectivity index (χ4n) is 1.28. The van der Waals surface area contributed by atoms with Crippen molar-refractivity contribution < 1.29 is 13.2 Å². The molecular weight excluding hydrogens is 377 g/mol. The summed E-state index contributed by atoms with van der Waals surface area (Å²) in [5.74, 6) is -0.545. The lowest BCUT2D eigenvalue weighted by atomic mass is 10.5. The van der Waals surface area contributed by atoms with Crippen molar-refractivity contribution in [1.29, 1.82) is 0 Å². The summed E-state index contributed by atoms with van der Waals surface area (Å²) in [5.41, 5.74) is 0. The third-order valence-corrected chi connectivity index (χ3v) is 4.46. The number of thiophene rings is 1. The normalized spacial score (nSPS) is 12.4. The van der Waals surface area contributed by atoms with E-state index >= 15 is 0 Å². The second-order valence-electron chi connectivity index (χ2n) is 3.46. The number of halogens is 4. The van der Waals surface area contributed by atoms with E-state index in [2.05, 4.69) is 31.2 Å². The first-order valence-corrected chi connectivity index (χ1v) is 8.01. The topological polar surface area (TPSA) is 43.1 Å². The van der Waals surface area contributed by atoms with Gasteiger partial charge in [-0.2, -0.15) is 22.9 Å². The molecule has 0 aliphatic carbocycles. The molecule has 0 atom stereocenters. The van der Waals surface area contributed by atoms with Crippen molar-refractivity contribution in [1.82, 2.24) is 14.9 Å². The van der Waals surface area contributed by atoms with Crippen molar-refractivity contribution in [2.75, 3.05) is 5.75 Å². The highest BCUT2D eigenvalue weighted by molar-refractivity contribution is 9.10. The van der Waals surface area contributed by atoms with Gasteiger partial charge in [-0.25, -0.2) is 0 Å². The third-order valence-electron chi connectivity index (χ3n) is 2.03. The quantitative estimate of drug-likeness (QED) is 0.588. The van der Waals surface area contributed by atoms with Gasteiger partial charge in [-0.1, -0.05) is 18.7 Å². The minimum atomic E-state index is -4.59. The molecule has 2 rings (SSSR count). The number of alkyl halides is 3. The molecule has 0 aliphatic heterocycles. The Hall–Kier alpha value is -0.870. The monoisotopic (exact) mass is 384 g/mol. The lowest BCUT2D eigenvalue weighted by Gasteiger charge is -2.05. The van der Waals surface area contributed by atoms with E-state index in [4.69, 9.17) is 0 Å². The van der Waals surface area contributed by atoms with Gasteiger partial charge >= 0.3 is 6.18 Å². The van der Waals surface area contributed by atoms with Gasteiger partial charge in [0, 0.05) is 14.7 Å². The lowest BCUT2D eigenvalue weighted by Crippen LogP contribution is -2.13. The van der Waals surface area contributed by atoms with Crippen LogP contribution in [0.3, 0.4) is 0 Å². The highest BCUT2D eigenvalue weighted by atomic mass is 79.9. The van der Waals surface area contributed by atoms with Crippen molar-refractivity contribution in [3.05, 3.63) is 26.6 Å². The number of rotatable bonds is 4. The van der Waals surface area contributed by atoms with Crippen LogP contribution < -0.4 is 0 Å². The molecule has 0 aliphatic rings. The first kappa shape index (κ1) is 15.5. The Morgan fingerprint density at radius 2 is 2.25 bits per heavy atom. The molecule has 10 heteroatoms. The molecular formula is C10H8BrF3N4S2. The molecule has 4 nitrogen and oxygen atoms in total. The fourth-order valence-corrected chi connectivity index (χ4v) is 3.19. The molecule has 2 heterocycles. The molecule has 0 radical (unpaired) electrons. The average Bonchev–Trinajstić information content (AvgIpc) is 2.93. The van der Waals surface area contributed by atoms with Gasteiger partial charge in [0.05, 0.1) is 6.21 Å². The summed E-state index contributed by atoms with van der Waals surface area (Å²) in [6.45, 7) is 1.82. The van der Waals surface area contributed by atoms with Crippen LogP contribution in [0.25, 0.3) is 0 Å². The zero-order valence-electron chi connectivity index (χ0n) is 10.1. The van der Waals surface area contributed by atoms with Crippen LogP contribution in [0.1, 0.15) is 17.6 Å². The molecule has 108 valence electrons. The van der Waals surface area contributed by atoms with Gasteiger partial charge in [0.2, 0.25) is 5.16 Å². The van der Waals surface area contributed by atoms with Crippen molar-refractivity contribution in [3.63, 3.8) is 0 Å². The molecule has 0 saturated heterocycles. The van der Waals surface area contributed by atoms with Crippen LogP contribution in [-0.4, -0.2) is 26.8 Å². The van der Waals surface area contributed by atoms with Crippen molar-refractivity contribution >= 4 is 45.2 Å². The molecule has 0 bridgehead atoms. The van der Waals surface area contributed by atoms with Gasteiger partial charge in [0.25, 0.3) is 5.82 Å². The summed E-state index contributed by atoms with van der Waals surface area (Å²) in [6, 6.07) is 1.76. The summed E-state index contributed by atoms with van der Waals surface area (Å²) in [4.78, 5) is 0.728. The maximum Gasteiger partial charge on any atom is 0.453 e. The van der Waals surface area contributed by atoms with Gasteiger partial charge in [-0.3, -0.25) is 0 Å². The van der Waals surface area contributed by atoms with Gasteiger partial charge < -0.3 is 0 Å². The minimum absolute atomic E-state index is 0.117. The van der Waals surface area contributed by atoms with Gasteiger partial charge in [0.1, 0.15) is 0 Å². The van der Waals surface area contributed by atoms with Crippen LogP contribution in [-0.2, 0) is 6.18 Å². The molecule has 0 aromatic carbocycles. The van der Waals surface area contributed by atoms with Gasteiger partial charge in [-0.15, -0.1) is 21.5 Å². The van der Waals surface area contributed by atoms with Crippen molar-refractivity contribution in [2.24, 2.45) is 5.10 Å². The van der Waals surface area contributed by atoms with Crippen LogP contribution in [0.4, 0.5) is 13.2 Å². The zero-order valence-corrected chi connectivity index (χ0v) is 13.3. The molecule has 2 aromatic heterocycles. The van der Waals surface area contributed by atoms with Crippen LogP contribution >= 0.6 is 39.0 Å². The first-order chi connectivity index (χ1) is 9.41. The van der Waals surface area contributed by atoms with Crippen LogP contribution in [0.2, 0.25) is 0 Å². The summed E-state index contributed by atoms with van der Waals surface area (Å²) >= 11 is 5.78. The number of thioether (sulfide) groups is 1. The van der Waals surface area contributed by atoms with E-state index in [1.54, 1.807) is 6.07 Å². The molecule has 0 saturated carbocycles. The smallest absolute Gasteiger partial charge is 0.183 e. The van der Waals surface area contributed by atoms with Crippen molar-refractivity contribution in [2.45, 2.75) is 18.3 Å². The Kier molecular flexibility index (Phi) is 4.86. The van der Waals surface area contributed by atoms with E-state index in [1.807, 2.05) is 12.3 Å². The predicted octanol–water partition coefficient (Wildman–Crippen LogP) is 4.12. The average molecular weight is 385 g/mol. The van der Waals surface area contributed by atoms with E-state index in [9.17, 15) is 13.2 Å². The third kappa shape index (κ3) is 3.61. The maximum atomic E-state index is 12.8. The summed E-state index contributed by atoms with van der Waals surface area (Å²) in [7, 11) is 0. The number of hydrogen-bond acceptors (Lipinski definition) is 5. The van der Waals surface area contributed by atoms with Crippen molar-refractivity contribution in [3.8, 4) is 0 Å². The van der Waals surface area contributed by atoms with Crippen LogP contribution in [0.15, 0.2) is 26.2 Å². The zero-order chi connectivity index (χ0) is 14.8. The predicted molar refractivity (Wildman–Crippen MR) is 76.4 cm³/mol. The molecule has 20 heavy (non-hydrogen) atoms. The summed E-state index contributed by atoms with van der Waals surface area (Å²) < 4.78 is 40.0. The number of aromatic nitrogens is 3. The second kappa shape index (κ2) is 6.27. The Balaban J connectivity index is 2.37. The van der Waals surface area contributed by atoms with E-state index in [0.29, 0.717) is 5.75 Å². The fraction of sp³-hybridized carbons (Fsp3) is 0.300. The largest absolute Gasteiger partial charge is 0.453 e. The number of nitrogens with zero attached hydrogens (tertiary/aromatic N) is 4. The Bertz CT molecular complexity index is 620. The maximum absolute atomic E-state index is 12.8. The summed E-state index contributed by atoms with van der Waals surface area (Å²) in [6.07, 6.45) is -3.24. The summed E-state index contributed by atoms with van der Waals surface area (Å²) in [5, 5.41) is 12.5. The number of hydrogen-bond donors (Lipinski definition) is 0. The SMILES string of the molecule is CCSc1nnc(C(F)(F)F)n1N=Cc1cc(Br)cs1. The van der Waals surface area contributed by atoms with E-state index in [1.165, 1.54) is 17.6 Å². The molecule has 0 amide bonds. The molecule has 0 N–H and O–H groups in total. The van der Waals surface area contributed by atoms with Gasteiger partial charge in [0.15, 0.2) is 0 Å². The minimum Gasteiger partial charge on any atom is -0.183 e. The molecule has 0 unspecified atom stereocenters. The van der Waals surface area contributed by atoms with Gasteiger partial charge in [-0.05, 0) is 27.7 Å². The van der Waals surface area contributed by atoms with Crippen LogP contribution in [0, 0.1) is 0 Å². The Morgan fingerprint density at radius 3 is 2.80 bits per heavy atom. The Labute approximate surface area is 129 Å². The Morgan fingerprint density at radius 1 is 1.50 bits per heavy atom. The molecule has 0 fully saturated rings. The van der Waals surface area contributed by atoms with E-state index < -0.39 is 12.0 Å². The van der Waals surface area contributed by atoms with E-state index in [0.717, 1.165) is 25.8 Å². The van der Waals surface area contributed by atoms with Crippen LogP contribution in [0.5, 0.6) is 0 Å². The standard InChI is InChI=1S/C10H8BrF3N4S2/c1-2-19-9-17-16-8(10(12,13)14)18(9)15-4-7-3-6(11)5-20-7/h3-5H,2H2,1H3. The lowest BCUT2D eigenvalue weighted by molar-refractivity contribution is -0.147. The molecule has 2 aromatic rings. The highest BCUT2D eigenvalue weighted by Gasteiger charge is 2.38.